The molecule has 0 spiro atoms. The fraction of sp³-hybridized carbons (Fsp3) is 0.500. The molecule has 0 N–H and O–H groups in total. The molecule has 2 atom stereocenters. The molecule has 0 fully saturated rings. The average Bonchev–Trinajstić information content (AvgIpc) is 2.89. The summed E-state index contributed by atoms with van der Waals surface area (Å²) in [4.78, 5) is 26.4. The number of esters is 1. The van der Waals surface area contributed by atoms with Gasteiger partial charge in [-0.2, -0.15) is 0 Å². The molecule has 2 aromatic rings. The third kappa shape index (κ3) is 10.9. The molecule has 0 aliphatic heterocycles. The number of unbranched alkanes of at least 4 members (excludes halogenated alkanes) is 9. The number of hydrogen-bond acceptors (Lipinski definition) is 5. The first kappa shape index (κ1) is 30.8. The molecule has 0 radical (unpaired) electrons. The summed E-state index contributed by atoms with van der Waals surface area (Å²) in [7, 11) is 2.64. The monoisotopic (exact) mass is 521 g/mol. The molecule has 0 bridgehead atoms. The second kappa shape index (κ2) is 19.0. The molecule has 5 nitrogen and oxygen atoms in total. The van der Waals surface area contributed by atoms with Gasteiger partial charge in [-0.1, -0.05) is 117 Å². The van der Waals surface area contributed by atoms with Gasteiger partial charge in [-0.3, -0.25) is 9.59 Å². The Hall–Kier alpha value is -2.23. The number of benzene rings is 2. The van der Waals surface area contributed by atoms with Gasteiger partial charge >= 0.3 is 15.1 Å². The minimum atomic E-state index is -1.08. The van der Waals surface area contributed by atoms with Gasteiger partial charge in [-0.05, 0) is 24.1 Å². The Morgan fingerprint density at radius 2 is 1.40 bits per heavy atom. The highest BCUT2D eigenvalue weighted by molar-refractivity contribution is 7.00. The fourth-order valence-electron chi connectivity index (χ4n) is 3.94. The van der Waals surface area contributed by atoms with E-state index in [0.29, 0.717) is 17.9 Å². The van der Waals surface area contributed by atoms with E-state index in [4.69, 9.17) is 25.6 Å². The van der Waals surface area contributed by atoms with Crippen LogP contribution in [0, 0.1) is 0 Å². The van der Waals surface area contributed by atoms with Crippen LogP contribution in [0.15, 0.2) is 48.5 Å². The van der Waals surface area contributed by atoms with E-state index in [-0.39, 0.29) is 10.6 Å². The Morgan fingerprint density at radius 3 is 1.97 bits per heavy atom. The number of Topliss-reactive ketones (excluding diaryl/α,β-unsaturated/α-hetero) is 1. The zero-order valence-corrected chi connectivity index (χ0v) is 22.9. The Morgan fingerprint density at radius 1 is 0.829 bits per heavy atom. The highest BCUT2D eigenvalue weighted by atomic mass is 35.5. The Balaban J connectivity index is 0.00000298. The molecule has 2 rings (SSSR count). The molecule has 0 saturated carbocycles. The lowest BCUT2D eigenvalue weighted by Gasteiger charge is -2.18. The van der Waals surface area contributed by atoms with Crippen molar-refractivity contribution < 1.29 is 23.6 Å². The number of hydrogen-bond donors (Lipinski definition) is 0. The molecule has 2 aromatic carbocycles. The summed E-state index contributed by atoms with van der Waals surface area (Å²) in [5, 5.41) is 0.253. The molecule has 0 heterocycles. The van der Waals surface area contributed by atoms with Crippen LogP contribution in [0.4, 0.5) is 0 Å². The minimum Gasteiger partial charge on any atom is -0.496 e. The quantitative estimate of drug-likeness (QED) is 0.0736. The summed E-state index contributed by atoms with van der Waals surface area (Å²) >= 11 is 6.31. The highest BCUT2D eigenvalue weighted by Gasteiger charge is 2.33. The fourth-order valence-corrected chi connectivity index (χ4v) is 4.20. The number of halogens is 1. The van der Waals surface area contributed by atoms with Crippen molar-refractivity contribution >= 4 is 32.5 Å². The first-order valence-electron chi connectivity index (χ1n) is 12.4. The third-order valence-corrected chi connectivity index (χ3v) is 6.13. The average molecular weight is 522 g/mol. The van der Waals surface area contributed by atoms with Crippen LogP contribution < -0.4 is 4.74 Å². The van der Waals surface area contributed by atoms with Crippen molar-refractivity contribution in [3.05, 3.63) is 64.7 Å². The summed E-state index contributed by atoms with van der Waals surface area (Å²) in [6.07, 6.45) is 12.0. The summed E-state index contributed by atoms with van der Waals surface area (Å²) in [6.45, 7) is 2.55. The molecular formula is C28H39ClO5P+. The molecule has 192 valence electrons. The summed E-state index contributed by atoms with van der Waals surface area (Å²) in [5.41, 5.74) is 0.781. The van der Waals surface area contributed by atoms with Crippen LogP contribution in [0.2, 0.25) is 5.02 Å². The van der Waals surface area contributed by atoms with Crippen LogP contribution in [-0.4, -0.2) is 25.5 Å². The van der Waals surface area contributed by atoms with Crippen molar-refractivity contribution in [3.63, 3.8) is 0 Å². The van der Waals surface area contributed by atoms with Crippen molar-refractivity contribution in [1.29, 1.82) is 0 Å². The number of ketones is 1. The summed E-state index contributed by atoms with van der Waals surface area (Å²) in [6, 6.07) is 13.9. The van der Waals surface area contributed by atoms with Gasteiger partial charge in [0.25, 0.3) is 0 Å². The zero-order chi connectivity index (χ0) is 25.9. The van der Waals surface area contributed by atoms with Crippen molar-refractivity contribution in [2.75, 3.05) is 13.7 Å². The maximum Gasteiger partial charge on any atom is 0.321 e. The molecule has 0 aromatic heterocycles. The first-order valence-corrected chi connectivity index (χ1v) is 13.3. The van der Waals surface area contributed by atoms with Gasteiger partial charge in [-0.15, -0.1) is 0 Å². The second-order valence-corrected chi connectivity index (χ2v) is 8.78. The van der Waals surface area contributed by atoms with E-state index in [0.717, 1.165) is 19.3 Å². The minimum absolute atomic E-state index is 0.200. The van der Waals surface area contributed by atoms with Crippen LogP contribution in [0.5, 0.6) is 5.75 Å². The molecule has 2 unspecified atom stereocenters. The van der Waals surface area contributed by atoms with Crippen molar-refractivity contribution in [1.82, 2.24) is 0 Å². The van der Waals surface area contributed by atoms with Crippen molar-refractivity contribution in [2.45, 2.75) is 77.0 Å². The number of rotatable bonds is 16. The van der Waals surface area contributed by atoms with Crippen LogP contribution >= 0.6 is 20.7 Å². The van der Waals surface area contributed by atoms with E-state index in [2.05, 4.69) is 6.92 Å². The molecule has 7 heteroatoms. The molecule has 35 heavy (non-hydrogen) atoms. The topological polar surface area (TPSA) is 69.7 Å². The van der Waals surface area contributed by atoms with Gasteiger partial charge in [0, 0.05) is 0 Å². The Kier molecular flexibility index (Phi) is 16.7. The van der Waals surface area contributed by atoms with E-state index in [9.17, 15) is 9.59 Å². The predicted octanol–water partition coefficient (Wildman–Crippen LogP) is 7.99. The number of carbonyl (C=O) groups is 2. The van der Waals surface area contributed by atoms with Gasteiger partial charge in [-0.25, -0.2) is 0 Å². The lowest BCUT2D eigenvalue weighted by Crippen LogP contribution is -2.25. The first-order chi connectivity index (χ1) is 17.1. The lowest BCUT2D eigenvalue weighted by molar-refractivity contribution is -0.144. The van der Waals surface area contributed by atoms with Gasteiger partial charge in [0.05, 0.1) is 24.3 Å². The van der Waals surface area contributed by atoms with Gasteiger partial charge in [0.1, 0.15) is 11.7 Å². The summed E-state index contributed by atoms with van der Waals surface area (Å²) < 4.78 is 19.0. The SMILES string of the molecule is CCCCCCCCCCCCOC(=O)C(C(=O)c1c(Cl)cccc1OC)c1ccccc1.O=[PH2+]. The Bertz CT molecular complexity index is 875. The standard InChI is InChI=1S/C28H37ClO4.H2OP/c1-3-4-5-6-7-8-9-10-11-15-21-33-28(31)25(22-17-13-12-14-18-22)27(30)26-23(29)19-16-20-24(26)32-2;1-2/h12-14,16-20,25H,3-11,15,21H2,1-2H3;2H2/q;+1. The van der Waals surface area contributed by atoms with Crippen molar-refractivity contribution in [2.24, 2.45) is 0 Å². The largest absolute Gasteiger partial charge is 0.496 e. The van der Waals surface area contributed by atoms with Crippen LogP contribution in [-0.2, 0) is 14.1 Å². The van der Waals surface area contributed by atoms with Crippen LogP contribution in [0.3, 0.4) is 0 Å². The molecule has 0 amide bonds. The normalized spacial score (nSPS) is 11.2. The lowest BCUT2D eigenvalue weighted by atomic mass is 9.90. The van der Waals surface area contributed by atoms with Gasteiger partial charge < -0.3 is 9.47 Å². The maximum absolute atomic E-state index is 13.4. The van der Waals surface area contributed by atoms with E-state index >= 15 is 0 Å². The third-order valence-electron chi connectivity index (χ3n) is 5.81. The molecular weight excluding hydrogens is 483 g/mol. The maximum atomic E-state index is 13.4. The molecule has 0 aliphatic rings. The highest BCUT2D eigenvalue weighted by Crippen LogP contribution is 2.32. The van der Waals surface area contributed by atoms with Crippen molar-refractivity contribution in [3.8, 4) is 5.75 Å². The van der Waals surface area contributed by atoms with Gasteiger partial charge in [0.15, 0.2) is 5.78 Å². The number of ether oxygens (including phenoxy) is 2. The summed E-state index contributed by atoms with van der Waals surface area (Å²) in [5.74, 6) is -1.71. The molecule has 0 aliphatic carbocycles. The zero-order valence-electron chi connectivity index (χ0n) is 21.0. The second-order valence-electron chi connectivity index (χ2n) is 8.37. The van der Waals surface area contributed by atoms with E-state index < -0.39 is 17.7 Å². The van der Waals surface area contributed by atoms with E-state index in [1.165, 1.54) is 61.2 Å². The predicted molar refractivity (Wildman–Crippen MR) is 145 cm³/mol. The smallest absolute Gasteiger partial charge is 0.321 e. The van der Waals surface area contributed by atoms with Gasteiger partial charge in [0.2, 0.25) is 0 Å². The van der Waals surface area contributed by atoms with E-state index in [1.54, 1.807) is 42.5 Å². The van der Waals surface area contributed by atoms with E-state index in [1.807, 2.05) is 6.07 Å². The number of methoxy groups -OCH3 is 1. The number of carbonyl (C=O) groups excluding carboxylic acids is 2. The Labute approximate surface area is 217 Å². The van der Waals surface area contributed by atoms with Crippen LogP contribution in [0.25, 0.3) is 0 Å². The van der Waals surface area contributed by atoms with Crippen LogP contribution in [0.1, 0.15) is 93.0 Å². The molecule has 0 saturated heterocycles.